The smallest absolute Gasteiger partial charge is 0.150 e. The fourth-order valence-corrected chi connectivity index (χ4v) is 4.43. The minimum atomic E-state index is 0.516. The van der Waals surface area contributed by atoms with Crippen LogP contribution < -0.4 is 15.0 Å². The molecule has 0 aromatic heterocycles. The maximum atomic E-state index is 6.98. The Hall–Kier alpha value is -4.21. The lowest BCUT2D eigenvalue weighted by Crippen LogP contribution is -2.11. The Morgan fingerprint density at radius 1 is 0.553 bits per heavy atom. The van der Waals surface area contributed by atoms with Crippen LogP contribution in [0.3, 0.4) is 0 Å². The van der Waals surface area contributed by atoms with Crippen LogP contribution in [0.2, 0.25) is 5.02 Å². The predicted molar refractivity (Wildman–Crippen MR) is 161 cm³/mol. The highest BCUT2D eigenvalue weighted by atomic mass is 35.5. The van der Waals surface area contributed by atoms with Gasteiger partial charge in [-0.3, -0.25) is 0 Å². The number of hydrogen-bond acceptors (Lipinski definition) is 3. The second-order valence-electron chi connectivity index (χ2n) is 9.72. The van der Waals surface area contributed by atoms with Crippen LogP contribution in [0.15, 0.2) is 109 Å². The summed E-state index contributed by atoms with van der Waals surface area (Å²) in [7, 11) is 0. The number of aryl methyl sites for hydroxylation is 4. The van der Waals surface area contributed by atoms with E-state index in [4.69, 9.17) is 16.3 Å². The van der Waals surface area contributed by atoms with E-state index >= 15 is 0 Å². The van der Waals surface area contributed by atoms with Crippen molar-refractivity contribution in [2.45, 2.75) is 27.7 Å². The largest absolute Gasteiger partial charge is 0.456 e. The van der Waals surface area contributed by atoms with Gasteiger partial charge in [0.15, 0.2) is 0 Å². The molecule has 5 aromatic rings. The topological polar surface area (TPSA) is 24.5 Å². The van der Waals surface area contributed by atoms with Gasteiger partial charge in [-0.2, -0.15) is 0 Å². The van der Waals surface area contributed by atoms with E-state index in [1.54, 1.807) is 0 Å². The van der Waals surface area contributed by atoms with Gasteiger partial charge in [0.05, 0.1) is 11.4 Å². The Morgan fingerprint density at radius 2 is 1.00 bits per heavy atom. The normalized spacial score (nSPS) is 10.8. The van der Waals surface area contributed by atoms with Gasteiger partial charge in [0, 0.05) is 23.1 Å². The first-order valence-corrected chi connectivity index (χ1v) is 13.1. The Morgan fingerprint density at radius 3 is 1.50 bits per heavy atom. The lowest BCUT2D eigenvalue weighted by Gasteiger charge is -2.27. The van der Waals surface area contributed by atoms with Gasteiger partial charge in [-0.1, -0.05) is 82.4 Å². The second kappa shape index (κ2) is 11.0. The summed E-state index contributed by atoms with van der Waals surface area (Å²) in [6, 6.07) is 37.4. The fraction of sp³-hybridized carbons (Fsp3) is 0.118. The molecule has 0 saturated heterocycles. The number of benzene rings is 5. The van der Waals surface area contributed by atoms with E-state index in [9.17, 15) is 0 Å². The van der Waals surface area contributed by atoms with E-state index in [1.807, 2.05) is 30.3 Å². The molecule has 5 rings (SSSR count). The van der Waals surface area contributed by atoms with E-state index in [0.29, 0.717) is 10.8 Å². The van der Waals surface area contributed by atoms with Crippen molar-refractivity contribution in [1.82, 2.24) is 0 Å². The summed E-state index contributed by atoms with van der Waals surface area (Å²) in [5.41, 5.74) is 9.52. The molecule has 0 fully saturated rings. The third-order valence-electron chi connectivity index (χ3n) is 6.45. The van der Waals surface area contributed by atoms with Gasteiger partial charge in [0.25, 0.3) is 0 Å². The predicted octanol–water partition coefficient (Wildman–Crippen LogP) is 10.6. The van der Waals surface area contributed by atoms with Crippen molar-refractivity contribution in [3.63, 3.8) is 0 Å². The molecule has 0 amide bonds. The van der Waals surface area contributed by atoms with Crippen LogP contribution in [0.5, 0.6) is 11.5 Å². The van der Waals surface area contributed by atoms with Gasteiger partial charge >= 0.3 is 0 Å². The van der Waals surface area contributed by atoms with Crippen LogP contribution in [-0.2, 0) is 0 Å². The van der Waals surface area contributed by atoms with Gasteiger partial charge in [-0.25, -0.2) is 0 Å². The molecule has 1 N–H and O–H groups in total. The number of hydrogen-bond donors (Lipinski definition) is 1. The van der Waals surface area contributed by atoms with Crippen LogP contribution >= 0.6 is 11.6 Å². The Bertz CT molecular complexity index is 1410. The molecule has 0 saturated carbocycles. The average Bonchev–Trinajstić information content (AvgIpc) is 2.91. The molecule has 38 heavy (non-hydrogen) atoms. The highest BCUT2D eigenvalue weighted by Gasteiger charge is 2.19. The first kappa shape index (κ1) is 25.4. The summed E-state index contributed by atoms with van der Waals surface area (Å²) in [6.45, 7) is 8.33. The van der Waals surface area contributed by atoms with Crippen molar-refractivity contribution < 1.29 is 4.74 Å². The van der Waals surface area contributed by atoms with Gasteiger partial charge in [0.1, 0.15) is 16.5 Å². The SMILES string of the molecule is Cc1ccc(Nc2cc(N(c3ccc(C)cc3)c3ccc(C)cc3)cc(Oc3ccc(C)cc3)c2Cl)cc1. The molecule has 0 bridgehead atoms. The number of anilines is 5. The average molecular weight is 519 g/mol. The summed E-state index contributed by atoms with van der Waals surface area (Å²) >= 11 is 6.98. The minimum absolute atomic E-state index is 0.516. The molecular formula is C34H31ClN2O. The minimum Gasteiger partial charge on any atom is -0.456 e. The first-order valence-electron chi connectivity index (χ1n) is 12.7. The molecule has 0 heterocycles. The molecule has 0 aliphatic carbocycles. The maximum Gasteiger partial charge on any atom is 0.150 e. The zero-order valence-electron chi connectivity index (χ0n) is 22.1. The van der Waals surface area contributed by atoms with E-state index in [1.165, 1.54) is 22.3 Å². The quantitative estimate of drug-likeness (QED) is 0.232. The monoisotopic (exact) mass is 518 g/mol. The van der Waals surface area contributed by atoms with Gasteiger partial charge < -0.3 is 15.0 Å². The van der Waals surface area contributed by atoms with Gasteiger partial charge in [-0.15, -0.1) is 0 Å². The van der Waals surface area contributed by atoms with Gasteiger partial charge in [-0.05, 0) is 82.3 Å². The van der Waals surface area contributed by atoms with Crippen LogP contribution in [0.1, 0.15) is 22.3 Å². The highest BCUT2D eigenvalue weighted by molar-refractivity contribution is 6.35. The van der Waals surface area contributed by atoms with Crippen molar-refractivity contribution >= 4 is 40.0 Å². The number of halogens is 1. The van der Waals surface area contributed by atoms with Crippen LogP contribution in [0.25, 0.3) is 0 Å². The molecular weight excluding hydrogens is 488 g/mol. The first-order chi connectivity index (χ1) is 18.4. The van der Waals surface area contributed by atoms with E-state index in [-0.39, 0.29) is 0 Å². The van der Waals surface area contributed by atoms with Crippen molar-refractivity contribution in [2.75, 3.05) is 10.2 Å². The van der Waals surface area contributed by atoms with Crippen molar-refractivity contribution in [2.24, 2.45) is 0 Å². The number of nitrogens with zero attached hydrogens (tertiary/aromatic N) is 1. The molecule has 4 heteroatoms. The summed E-state index contributed by atoms with van der Waals surface area (Å²) in [4.78, 5) is 2.22. The van der Waals surface area contributed by atoms with Crippen LogP contribution in [0.4, 0.5) is 28.4 Å². The Balaban J connectivity index is 1.66. The zero-order chi connectivity index (χ0) is 26.6. The third-order valence-corrected chi connectivity index (χ3v) is 6.84. The highest BCUT2D eigenvalue weighted by Crippen LogP contribution is 2.44. The Kier molecular flexibility index (Phi) is 7.39. The summed E-state index contributed by atoms with van der Waals surface area (Å²) < 4.78 is 6.36. The maximum absolute atomic E-state index is 6.98. The standard InChI is InChI=1S/C34H31ClN2O/c1-23-5-13-27(14-6-23)36-32-21-30(22-33(34(32)35)38-31-19-11-26(4)12-20-31)37(28-15-7-24(2)8-16-28)29-17-9-25(3)10-18-29/h5-22,36H,1-4H3. The molecule has 5 aromatic carbocycles. The van der Waals surface area contributed by atoms with E-state index < -0.39 is 0 Å². The fourth-order valence-electron chi connectivity index (χ4n) is 4.24. The lowest BCUT2D eigenvalue weighted by atomic mass is 10.1. The zero-order valence-corrected chi connectivity index (χ0v) is 22.9. The summed E-state index contributed by atoms with van der Waals surface area (Å²) in [6.07, 6.45) is 0. The third kappa shape index (κ3) is 5.85. The molecule has 0 aliphatic heterocycles. The number of rotatable bonds is 7. The van der Waals surface area contributed by atoms with Crippen molar-refractivity contribution in [3.05, 3.63) is 136 Å². The number of ether oxygens (including phenoxy) is 1. The molecule has 0 aliphatic rings. The lowest BCUT2D eigenvalue weighted by molar-refractivity contribution is 0.483. The van der Waals surface area contributed by atoms with E-state index in [0.717, 1.165) is 34.2 Å². The van der Waals surface area contributed by atoms with Crippen LogP contribution in [0, 0.1) is 27.7 Å². The number of nitrogens with one attached hydrogen (secondary N) is 1. The molecule has 0 atom stereocenters. The van der Waals surface area contributed by atoms with Gasteiger partial charge in [0.2, 0.25) is 0 Å². The summed E-state index contributed by atoms with van der Waals surface area (Å²) in [5, 5.41) is 4.03. The van der Waals surface area contributed by atoms with Crippen molar-refractivity contribution in [3.8, 4) is 11.5 Å². The molecule has 3 nitrogen and oxygen atoms in total. The molecule has 0 radical (unpaired) electrons. The van der Waals surface area contributed by atoms with Crippen molar-refractivity contribution in [1.29, 1.82) is 0 Å². The second-order valence-corrected chi connectivity index (χ2v) is 10.1. The van der Waals surface area contributed by atoms with E-state index in [2.05, 4.69) is 117 Å². The van der Waals surface area contributed by atoms with Crippen LogP contribution in [-0.4, -0.2) is 0 Å². The molecule has 190 valence electrons. The summed E-state index contributed by atoms with van der Waals surface area (Å²) in [5.74, 6) is 1.31. The Labute approximate surface area is 230 Å². The molecule has 0 unspecified atom stereocenters. The molecule has 0 spiro atoms.